The van der Waals surface area contributed by atoms with E-state index in [4.69, 9.17) is 4.74 Å². The van der Waals surface area contributed by atoms with Gasteiger partial charge in [0, 0.05) is 18.7 Å². The average Bonchev–Trinajstić information content (AvgIpc) is 2.77. The van der Waals surface area contributed by atoms with Crippen LogP contribution in [0.2, 0.25) is 0 Å². The van der Waals surface area contributed by atoms with Crippen molar-refractivity contribution >= 4 is 0 Å². The van der Waals surface area contributed by atoms with Crippen molar-refractivity contribution in [1.29, 1.82) is 0 Å². The quantitative estimate of drug-likeness (QED) is 0.821. The first-order valence-corrected chi connectivity index (χ1v) is 7.01. The van der Waals surface area contributed by atoms with Gasteiger partial charge < -0.3 is 10.1 Å². The topological polar surface area (TPSA) is 24.5 Å². The molecule has 3 rings (SSSR count). The van der Waals surface area contributed by atoms with Gasteiger partial charge in [-0.3, -0.25) is 4.90 Å². The maximum atomic E-state index is 5.81. The predicted octanol–water partition coefficient (Wildman–Crippen LogP) is 2.05. The standard InChI is InChI=1S/C15H22N2O/c1-12-9-16-7-4-8-17(10-12)14-11-18-15-6-3-2-5-13(14)15/h2-3,5-6,12,14,16H,4,7-11H2,1H3. The summed E-state index contributed by atoms with van der Waals surface area (Å²) < 4.78 is 5.81. The minimum Gasteiger partial charge on any atom is -0.491 e. The minimum atomic E-state index is 0.460. The van der Waals surface area contributed by atoms with Crippen LogP contribution in [-0.4, -0.2) is 37.7 Å². The summed E-state index contributed by atoms with van der Waals surface area (Å²) in [6.07, 6.45) is 1.23. The summed E-state index contributed by atoms with van der Waals surface area (Å²) >= 11 is 0. The van der Waals surface area contributed by atoms with Crippen molar-refractivity contribution < 1.29 is 4.74 Å². The van der Waals surface area contributed by atoms with E-state index in [2.05, 4.69) is 41.4 Å². The molecule has 2 atom stereocenters. The zero-order chi connectivity index (χ0) is 12.4. The van der Waals surface area contributed by atoms with Crippen molar-refractivity contribution in [1.82, 2.24) is 10.2 Å². The summed E-state index contributed by atoms with van der Waals surface area (Å²) in [4.78, 5) is 2.61. The zero-order valence-corrected chi connectivity index (χ0v) is 11.1. The van der Waals surface area contributed by atoms with Gasteiger partial charge in [-0.25, -0.2) is 0 Å². The van der Waals surface area contributed by atoms with Crippen molar-refractivity contribution in [3.63, 3.8) is 0 Å². The molecule has 2 unspecified atom stereocenters. The smallest absolute Gasteiger partial charge is 0.124 e. The number of benzene rings is 1. The fourth-order valence-corrected chi connectivity index (χ4v) is 3.04. The number of hydrogen-bond acceptors (Lipinski definition) is 3. The second kappa shape index (κ2) is 5.29. The van der Waals surface area contributed by atoms with Gasteiger partial charge in [-0.05, 0) is 31.5 Å². The summed E-state index contributed by atoms with van der Waals surface area (Å²) in [5, 5.41) is 3.51. The van der Waals surface area contributed by atoms with Crippen molar-refractivity contribution in [2.24, 2.45) is 5.92 Å². The van der Waals surface area contributed by atoms with Gasteiger partial charge in [0.15, 0.2) is 0 Å². The van der Waals surface area contributed by atoms with Crippen LogP contribution in [0, 0.1) is 5.92 Å². The Morgan fingerprint density at radius 3 is 3.17 bits per heavy atom. The Labute approximate surface area is 109 Å². The Balaban J connectivity index is 1.77. The van der Waals surface area contributed by atoms with E-state index in [9.17, 15) is 0 Å². The third kappa shape index (κ3) is 2.38. The molecule has 0 bridgehead atoms. The van der Waals surface area contributed by atoms with E-state index < -0.39 is 0 Å². The van der Waals surface area contributed by atoms with Crippen LogP contribution < -0.4 is 10.1 Å². The number of rotatable bonds is 1. The van der Waals surface area contributed by atoms with Crippen molar-refractivity contribution in [2.45, 2.75) is 19.4 Å². The number of fused-ring (bicyclic) bond motifs is 1. The molecule has 98 valence electrons. The van der Waals surface area contributed by atoms with Gasteiger partial charge >= 0.3 is 0 Å². The molecule has 1 saturated heterocycles. The second-order valence-corrected chi connectivity index (χ2v) is 5.52. The number of para-hydroxylation sites is 1. The van der Waals surface area contributed by atoms with Gasteiger partial charge in [-0.2, -0.15) is 0 Å². The largest absolute Gasteiger partial charge is 0.491 e. The Morgan fingerprint density at radius 1 is 1.33 bits per heavy atom. The molecule has 0 amide bonds. The Hall–Kier alpha value is -1.06. The molecular weight excluding hydrogens is 224 g/mol. The molecule has 0 aromatic heterocycles. The van der Waals surface area contributed by atoms with Crippen LogP contribution in [0.4, 0.5) is 0 Å². The molecule has 3 nitrogen and oxygen atoms in total. The van der Waals surface area contributed by atoms with E-state index in [1.165, 1.54) is 18.5 Å². The molecule has 2 heterocycles. The molecule has 1 fully saturated rings. The lowest BCUT2D eigenvalue weighted by molar-refractivity contribution is 0.133. The van der Waals surface area contributed by atoms with Crippen LogP contribution in [0.3, 0.4) is 0 Å². The Morgan fingerprint density at radius 2 is 2.22 bits per heavy atom. The highest BCUT2D eigenvalue weighted by molar-refractivity contribution is 5.39. The van der Waals surface area contributed by atoms with Gasteiger partial charge in [-0.1, -0.05) is 25.1 Å². The van der Waals surface area contributed by atoms with E-state index in [-0.39, 0.29) is 0 Å². The summed E-state index contributed by atoms with van der Waals surface area (Å²) in [6, 6.07) is 8.94. The maximum Gasteiger partial charge on any atom is 0.124 e. The number of ether oxygens (including phenoxy) is 1. The molecular formula is C15H22N2O. The third-order valence-corrected chi connectivity index (χ3v) is 3.95. The van der Waals surface area contributed by atoms with Crippen LogP contribution in [0.25, 0.3) is 0 Å². The van der Waals surface area contributed by atoms with Crippen molar-refractivity contribution in [3.05, 3.63) is 29.8 Å². The highest BCUT2D eigenvalue weighted by Gasteiger charge is 2.30. The van der Waals surface area contributed by atoms with Crippen LogP contribution in [-0.2, 0) is 0 Å². The van der Waals surface area contributed by atoms with Crippen molar-refractivity contribution in [2.75, 3.05) is 32.8 Å². The molecule has 0 aliphatic carbocycles. The van der Waals surface area contributed by atoms with Gasteiger partial charge in [0.25, 0.3) is 0 Å². The lowest BCUT2D eigenvalue weighted by Gasteiger charge is -2.32. The lowest BCUT2D eigenvalue weighted by Crippen LogP contribution is -2.41. The maximum absolute atomic E-state index is 5.81. The first-order valence-electron chi connectivity index (χ1n) is 7.01. The van der Waals surface area contributed by atoms with Gasteiger partial charge in [0.05, 0.1) is 6.04 Å². The number of nitrogens with one attached hydrogen (secondary N) is 1. The average molecular weight is 246 g/mol. The fourth-order valence-electron chi connectivity index (χ4n) is 3.04. The molecule has 1 N–H and O–H groups in total. The first kappa shape index (κ1) is 12.0. The summed E-state index contributed by atoms with van der Waals surface area (Å²) in [6.45, 7) is 7.74. The van der Waals surface area contributed by atoms with E-state index in [1.54, 1.807) is 0 Å². The van der Waals surface area contributed by atoms with E-state index >= 15 is 0 Å². The molecule has 1 aromatic carbocycles. The number of hydrogen-bond donors (Lipinski definition) is 1. The first-order chi connectivity index (χ1) is 8.84. The molecule has 0 saturated carbocycles. The molecule has 1 aromatic rings. The van der Waals surface area contributed by atoms with E-state index in [0.29, 0.717) is 12.0 Å². The van der Waals surface area contributed by atoms with Crippen LogP contribution >= 0.6 is 0 Å². The highest BCUT2D eigenvalue weighted by Crippen LogP contribution is 2.36. The lowest BCUT2D eigenvalue weighted by atomic mass is 10.0. The van der Waals surface area contributed by atoms with E-state index in [1.807, 2.05) is 0 Å². The van der Waals surface area contributed by atoms with Gasteiger partial charge in [-0.15, -0.1) is 0 Å². The van der Waals surface area contributed by atoms with Crippen molar-refractivity contribution in [3.8, 4) is 5.75 Å². The molecule has 2 aliphatic heterocycles. The Kier molecular flexibility index (Phi) is 3.52. The molecule has 18 heavy (non-hydrogen) atoms. The van der Waals surface area contributed by atoms with E-state index in [0.717, 1.165) is 32.0 Å². The number of nitrogens with zero attached hydrogens (tertiary/aromatic N) is 1. The summed E-state index contributed by atoms with van der Waals surface area (Å²) in [5.41, 5.74) is 1.37. The predicted molar refractivity (Wildman–Crippen MR) is 72.9 cm³/mol. The zero-order valence-electron chi connectivity index (χ0n) is 11.1. The molecule has 2 aliphatic rings. The van der Waals surface area contributed by atoms with Crippen LogP contribution in [0.1, 0.15) is 24.9 Å². The fraction of sp³-hybridized carbons (Fsp3) is 0.600. The molecule has 0 radical (unpaired) electrons. The molecule has 3 heteroatoms. The van der Waals surface area contributed by atoms with Gasteiger partial charge in [0.1, 0.15) is 12.4 Å². The molecule has 0 spiro atoms. The van der Waals surface area contributed by atoms with Crippen LogP contribution in [0.15, 0.2) is 24.3 Å². The van der Waals surface area contributed by atoms with Crippen LogP contribution in [0.5, 0.6) is 5.75 Å². The summed E-state index contributed by atoms with van der Waals surface area (Å²) in [5.74, 6) is 1.79. The minimum absolute atomic E-state index is 0.460. The highest BCUT2D eigenvalue weighted by atomic mass is 16.5. The third-order valence-electron chi connectivity index (χ3n) is 3.95. The Bertz CT molecular complexity index is 407. The second-order valence-electron chi connectivity index (χ2n) is 5.52. The summed E-state index contributed by atoms with van der Waals surface area (Å²) in [7, 11) is 0. The normalized spacial score (nSPS) is 29.2. The SMILES string of the molecule is CC1CNCCCN(C2COc3ccccc32)C1. The van der Waals surface area contributed by atoms with Gasteiger partial charge in [0.2, 0.25) is 0 Å². The monoisotopic (exact) mass is 246 g/mol.